The third-order valence-electron chi connectivity index (χ3n) is 2.81. The van der Waals surface area contributed by atoms with E-state index in [1.165, 1.54) is 12.1 Å². The summed E-state index contributed by atoms with van der Waals surface area (Å²) in [6.45, 7) is 1.76. The molecule has 0 atom stereocenters. The minimum Gasteiger partial charge on any atom is -0.497 e. The van der Waals surface area contributed by atoms with Gasteiger partial charge in [0, 0.05) is 6.07 Å². The Bertz CT molecular complexity index is 658. The molecule has 0 amide bonds. The van der Waals surface area contributed by atoms with Gasteiger partial charge in [0.1, 0.15) is 28.1 Å². The molecular weight excluding hydrogens is 277 g/mol. The molecule has 2 aromatic carbocycles. The monoisotopic (exact) mass is 291 g/mol. The lowest BCUT2D eigenvalue weighted by Gasteiger charge is -2.13. The van der Waals surface area contributed by atoms with Crippen LogP contribution < -0.4 is 15.2 Å². The lowest BCUT2D eigenvalue weighted by Crippen LogP contribution is -2.11. The number of halogens is 1. The van der Waals surface area contributed by atoms with Crippen LogP contribution >= 0.6 is 12.2 Å². The number of methoxy groups -OCH3 is 1. The van der Waals surface area contributed by atoms with Gasteiger partial charge >= 0.3 is 0 Å². The molecule has 0 spiro atoms. The van der Waals surface area contributed by atoms with Gasteiger partial charge in [0.05, 0.1) is 12.7 Å². The number of hydrogen-bond acceptors (Lipinski definition) is 3. The molecule has 0 fully saturated rings. The van der Waals surface area contributed by atoms with Crippen LogP contribution in [0.25, 0.3) is 0 Å². The highest BCUT2D eigenvalue weighted by Gasteiger charge is 2.11. The van der Waals surface area contributed by atoms with Crippen LogP contribution in [0.5, 0.6) is 17.2 Å². The molecule has 2 rings (SSSR count). The molecule has 0 unspecified atom stereocenters. The smallest absolute Gasteiger partial charge is 0.141 e. The van der Waals surface area contributed by atoms with Crippen LogP contribution in [0.2, 0.25) is 0 Å². The predicted octanol–water partition coefficient (Wildman–Crippen LogP) is 3.57. The zero-order valence-electron chi connectivity index (χ0n) is 11.1. The zero-order chi connectivity index (χ0) is 14.7. The zero-order valence-corrected chi connectivity index (χ0v) is 12.0. The summed E-state index contributed by atoms with van der Waals surface area (Å²) in [6, 6.07) is 9.47. The Kier molecular flexibility index (Phi) is 4.20. The highest BCUT2D eigenvalue weighted by molar-refractivity contribution is 7.80. The first-order valence-electron chi connectivity index (χ1n) is 5.93. The molecule has 3 nitrogen and oxygen atoms in total. The average Bonchev–Trinajstić information content (AvgIpc) is 2.41. The summed E-state index contributed by atoms with van der Waals surface area (Å²) in [5, 5.41) is 0. The van der Waals surface area contributed by atoms with Gasteiger partial charge in [0.15, 0.2) is 0 Å². The molecule has 0 aliphatic heterocycles. The highest BCUT2D eigenvalue weighted by atomic mass is 32.1. The third kappa shape index (κ3) is 3.05. The van der Waals surface area contributed by atoms with E-state index in [2.05, 4.69) is 0 Å². The van der Waals surface area contributed by atoms with E-state index in [0.29, 0.717) is 28.4 Å². The van der Waals surface area contributed by atoms with E-state index in [0.717, 1.165) is 0 Å². The van der Waals surface area contributed by atoms with Crippen LogP contribution in [0.3, 0.4) is 0 Å². The first-order chi connectivity index (χ1) is 9.51. The van der Waals surface area contributed by atoms with Crippen molar-refractivity contribution in [3.8, 4) is 17.2 Å². The van der Waals surface area contributed by atoms with Gasteiger partial charge in [-0.15, -0.1) is 0 Å². The minimum atomic E-state index is -0.310. The maximum Gasteiger partial charge on any atom is 0.141 e. The molecule has 0 aliphatic rings. The first kappa shape index (κ1) is 14.3. The molecule has 0 aromatic heterocycles. The number of aryl methyl sites for hydroxylation is 1. The van der Waals surface area contributed by atoms with Gasteiger partial charge in [0.2, 0.25) is 0 Å². The maximum atomic E-state index is 13.1. The summed E-state index contributed by atoms with van der Waals surface area (Å²) in [4.78, 5) is 0.224. The quantitative estimate of drug-likeness (QED) is 0.875. The van der Waals surface area contributed by atoms with Gasteiger partial charge in [-0.2, -0.15) is 0 Å². The predicted molar refractivity (Wildman–Crippen MR) is 80.1 cm³/mol. The van der Waals surface area contributed by atoms with Crippen LogP contribution in [0.1, 0.15) is 11.1 Å². The summed E-state index contributed by atoms with van der Waals surface area (Å²) in [7, 11) is 1.56. The molecule has 0 aliphatic carbocycles. The number of rotatable bonds is 4. The lowest BCUT2D eigenvalue weighted by molar-refractivity contribution is 0.408. The van der Waals surface area contributed by atoms with Crippen LogP contribution in [0.15, 0.2) is 36.4 Å². The highest BCUT2D eigenvalue weighted by Crippen LogP contribution is 2.31. The van der Waals surface area contributed by atoms with Crippen molar-refractivity contribution in [1.29, 1.82) is 0 Å². The van der Waals surface area contributed by atoms with Crippen molar-refractivity contribution in [3.05, 3.63) is 53.3 Å². The van der Waals surface area contributed by atoms with Crippen LogP contribution in [-0.4, -0.2) is 12.1 Å². The van der Waals surface area contributed by atoms with E-state index in [4.69, 9.17) is 27.4 Å². The van der Waals surface area contributed by atoms with Gasteiger partial charge in [0.25, 0.3) is 0 Å². The van der Waals surface area contributed by atoms with E-state index < -0.39 is 0 Å². The topological polar surface area (TPSA) is 44.5 Å². The van der Waals surface area contributed by atoms with Crippen molar-refractivity contribution in [2.45, 2.75) is 6.92 Å². The van der Waals surface area contributed by atoms with E-state index in [1.807, 2.05) is 0 Å². The van der Waals surface area contributed by atoms with Gasteiger partial charge in [-0.1, -0.05) is 12.2 Å². The number of hydrogen-bond donors (Lipinski definition) is 1. The number of nitrogens with two attached hydrogens (primary N) is 1. The van der Waals surface area contributed by atoms with Crippen molar-refractivity contribution in [2.75, 3.05) is 7.11 Å². The van der Waals surface area contributed by atoms with Crippen LogP contribution in [0.4, 0.5) is 4.39 Å². The van der Waals surface area contributed by atoms with E-state index in [-0.39, 0.29) is 10.8 Å². The number of benzene rings is 2. The van der Waals surface area contributed by atoms with E-state index >= 15 is 0 Å². The molecule has 2 aromatic rings. The van der Waals surface area contributed by atoms with Gasteiger partial charge < -0.3 is 15.2 Å². The normalized spacial score (nSPS) is 10.2. The second kappa shape index (κ2) is 5.88. The fourth-order valence-corrected chi connectivity index (χ4v) is 1.93. The Hall–Kier alpha value is -2.14. The molecule has 0 radical (unpaired) electrons. The van der Waals surface area contributed by atoms with Crippen molar-refractivity contribution in [1.82, 2.24) is 0 Å². The molecular formula is C15H14FNO2S. The van der Waals surface area contributed by atoms with Gasteiger partial charge in [-0.3, -0.25) is 0 Å². The van der Waals surface area contributed by atoms with Crippen molar-refractivity contribution in [3.63, 3.8) is 0 Å². The molecule has 0 bridgehead atoms. The standard InChI is InChI=1S/C15H14FNO2S/c1-9-7-10(16)3-6-13(9)19-14-8-11(18-2)4-5-12(14)15(17)20/h3-8H,1-2H3,(H2,17,20). The van der Waals surface area contributed by atoms with Crippen LogP contribution in [0, 0.1) is 12.7 Å². The van der Waals surface area contributed by atoms with Crippen molar-refractivity contribution >= 4 is 17.2 Å². The summed E-state index contributed by atoms with van der Waals surface area (Å²) in [6.07, 6.45) is 0. The van der Waals surface area contributed by atoms with Crippen LogP contribution in [-0.2, 0) is 0 Å². The Morgan fingerprint density at radius 1 is 1.15 bits per heavy atom. The molecule has 0 saturated heterocycles. The van der Waals surface area contributed by atoms with Gasteiger partial charge in [-0.25, -0.2) is 4.39 Å². The SMILES string of the molecule is COc1ccc(C(N)=S)c(Oc2ccc(F)cc2C)c1. The average molecular weight is 291 g/mol. The molecule has 0 saturated carbocycles. The first-order valence-corrected chi connectivity index (χ1v) is 6.34. The largest absolute Gasteiger partial charge is 0.497 e. The molecule has 5 heteroatoms. The second-order valence-electron chi connectivity index (χ2n) is 4.24. The number of thiocarbonyl (C=S) groups is 1. The minimum absolute atomic E-state index is 0.224. The Morgan fingerprint density at radius 2 is 1.90 bits per heavy atom. The fourth-order valence-electron chi connectivity index (χ4n) is 1.76. The molecule has 2 N–H and O–H groups in total. The summed E-state index contributed by atoms with van der Waals surface area (Å²) < 4.78 is 24.0. The van der Waals surface area contributed by atoms with Crippen molar-refractivity contribution < 1.29 is 13.9 Å². The summed E-state index contributed by atoms with van der Waals surface area (Å²) >= 11 is 5.00. The maximum absolute atomic E-state index is 13.1. The van der Waals surface area contributed by atoms with Crippen molar-refractivity contribution in [2.24, 2.45) is 5.73 Å². The second-order valence-corrected chi connectivity index (χ2v) is 4.68. The number of ether oxygens (including phenoxy) is 2. The van der Waals surface area contributed by atoms with E-state index in [1.54, 1.807) is 38.3 Å². The summed E-state index contributed by atoms with van der Waals surface area (Å²) in [5.41, 5.74) is 6.96. The third-order valence-corrected chi connectivity index (χ3v) is 3.03. The van der Waals surface area contributed by atoms with E-state index in [9.17, 15) is 4.39 Å². The Balaban J connectivity index is 2.43. The molecule has 0 heterocycles. The molecule has 20 heavy (non-hydrogen) atoms. The fraction of sp³-hybridized carbons (Fsp3) is 0.133. The van der Waals surface area contributed by atoms with Gasteiger partial charge in [-0.05, 0) is 42.8 Å². The lowest BCUT2D eigenvalue weighted by atomic mass is 10.1. The Morgan fingerprint density at radius 3 is 2.50 bits per heavy atom. The molecule has 104 valence electrons. The Labute approximate surface area is 122 Å². The summed E-state index contributed by atoms with van der Waals surface area (Å²) in [5.74, 6) is 1.33.